The van der Waals surface area contributed by atoms with E-state index >= 15 is 0 Å². The van der Waals surface area contributed by atoms with Crippen molar-refractivity contribution >= 4 is 11.6 Å². The predicted octanol–water partition coefficient (Wildman–Crippen LogP) is 1.61. The number of carbonyl (C=O) groups excluding carboxylic acids is 1. The molecule has 2 N–H and O–H groups in total. The summed E-state index contributed by atoms with van der Waals surface area (Å²) in [4.78, 5) is 22.7. The highest BCUT2D eigenvalue weighted by Crippen LogP contribution is 2.12. The lowest BCUT2D eigenvalue weighted by molar-refractivity contribution is 0.102. The molecule has 0 radical (unpaired) electrons. The third-order valence-electron chi connectivity index (χ3n) is 2.53. The molecular weight excluding hydrogens is 244 g/mol. The molecule has 0 aliphatic rings. The molecule has 0 bridgehead atoms. The molecule has 2 aromatic rings. The lowest BCUT2D eigenvalue weighted by atomic mass is 10.2. The normalized spacial score (nSPS) is 10.2. The van der Waals surface area contributed by atoms with E-state index in [0.29, 0.717) is 11.3 Å². The van der Waals surface area contributed by atoms with E-state index in [1.807, 2.05) is 25.2 Å². The maximum atomic E-state index is 11.9. The molecule has 1 heterocycles. The minimum absolute atomic E-state index is 0.304. The van der Waals surface area contributed by atoms with Gasteiger partial charge in [-0.25, -0.2) is 4.79 Å². The number of carbonyl (C=O) groups is 1. The highest BCUT2D eigenvalue weighted by Gasteiger charge is 2.07. The molecule has 0 saturated heterocycles. The van der Waals surface area contributed by atoms with Gasteiger partial charge in [-0.05, 0) is 30.8 Å². The first-order valence-electron chi connectivity index (χ1n) is 5.83. The zero-order chi connectivity index (χ0) is 13.7. The van der Waals surface area contributed by atoms with Crippen LogP contribution in [0.4, 0.5) is 5.69 Å². The number of rotatable bonds is 4. The van der Waals surface area contributed by atoms with Crippen molar-refractivity contribution in [3.63, 3.8) is 0 Å². The fourth-order valence-electron chi connectivity index (χ4n) is 1.65. The van der Waals surface area contributed by atoms with Crippen LogP contribution in [0.5, 0.6) is 0 Å². The second-order valence-electron chi connectivity index (χ2n) is 4.03. The van der Waals surface area contributed by atoms with E-state index < -0.39 is 5.63 Å². The number of nitrogens with one attached hydrogen (secondary N) is 2. The summed E-state index contributed by atoms with van der Waals surface area (Å²) in [6, 6.07) is 10.2. The van der Waals surface area contributed by atoms with Crippen molar-refractivity contribution in [3.05, 3.63) is 64.2 Å². The number of hydrogen-bond donors (Lipinski definition) is 2. The molecule has 2 rings (SSSR count). The van der Waals surface area contributed by atoms with Crippen molar-refractivity contribution in [3.8, 4) is 0 Å². The molecule has 1 amide bonds. The molecule has 5 heteroatoms. The Labute approximate surface area is 110 Å². The summed E-state index contributed by atoms with van der Waals surface area (Å²) in [5, 5.41) is 5.79. The van der Waals surface area contributed by atoms with E-state index in [2.05, 4.69) is 15.1 Å². The summed E-state index contributed by atoms with van der Waals surface area (Å²) in [6.07, 6.45) is 1.15. The smallest absolute Gasteiger partial charge is 0.335 e. The molecule has 0 spiro atoms. The number of benzene rings is 1. The van der Waals surface area contributed by atoms with Crippen LogP contribution < -0.4 is 16.3 Å². The molecule has 1 aromatic carbocycles. The van der Waals surface area contributed by atoms with Gasteiger partial charge in [-0.1, -0.05) is 12.1 Å². The van der Waals surface area contributed by atoms with Gasteiger partial charge >= 0.3 is 5.63 Å². The van der Waals surface area contributed by atoms with Crippen LogP contribution in [0.2, 0.25) is 0 Å². The molecule has 1 aromatic heterocycles. The van der Waals surface area contributed by atoms with Crippen LogP contribution in [-0.4, -0.2) is 13.0 Å². The van der Waals surface area contributed by atoms with Gasteiger partial charge in [0.1, 0.15) is 6.26 Å². The highest BCUT2D eigenvalue weighted by molar-refractivity contribution is 6.03. The van der Waals surface area contributed by atoms with Crippen molar-refractivity contribution in [2.45, 2.75) is 6.54 Å². The summed E-state index contributed by atoms with van der Waals surface area (Å²) in [5.41, 5.74) is 1.59. The topological polar surface area (TPSA) is 71.3 Å². The summed E-state index contributed by atoms with van der Waals surface area (Å²) in [7, 11) is 1.86. The Kier molecular flexibility index (Phi) is 4.10. The average Bonchev–Trinajstić information content (AvgIpc) is 2.40. The Hall–Kier alpha value is -2.40. The molecular formula is C14H14N2O3. The lowest BCUT2D eigenvalue weighted by Crippen LogP contribution is -2.13. The summed E-state index contributed by atoms with van der Waals surface area (Å²) in [5.74, 6) is -0.314. The molecule has 0 atom stereocenters. The Bertz CT molecular complexity index is 614. The second-order valence-corrected chi connectivity index (χ2v) is 4.03. The quantitative estimate of drug-likeness (QED) is 0.874. The van der Waals surface area contributed by atoms with Gasteiger partial charge in [0.2, 0.25) is 0 Å². The van der Waals surface area contributed by atoms with E-state index in [4.69, 9.17) is 0 Å². The minimum Gasteiger partial charge on any atom is -0.430 e. The maximum Gasteiger partial charge on any atom is 0.335 e. The number of anilines is 1. The van der Waals surface area contributed by atoms with Crippen LogP contribution in [0.1, 0.15) is 15.9 Å². The third kappa shape index (κ3) is 3.53. The fraction of sp³-hybridized carbons (Fsp3) is 0.143. The Morgan fingerprint density at radius 2 is 2.11 bits per heavy atom. The van der Waals surface area contributed by atoms with E-state index in [-0.39, 0.29) is 5.91 Å². The van der Waals surface area contributed by atoms with E-state index in [9.17, 15) is 9.59 Å². The predicted molar refractivity (Wildman–Crippen MR) is 72.1 cm³/mol. The van der Waals surface area contributed by atoms with E-state index in [1.165, 1.54) is 12.1 Å². The molecule has 0 fully saturated rings. The Morgan fingerprint density at radius 3 is 2.79 bits per heavy atom. The Morgan fingerprint density at radius 1 is 1.26 bits per heavy atom. The monoisotopic (exact) mass is 258 g/mol. The molecule has 19 heavy (non-hydrogen) atoms. The third-order valence-corrected chi connectivity index (χ3v) is 2.53. The Balaban J connectivity index is 2.12. The van der Waals surface area contributed by atoms with Crippen LogP contribution >= 0.6 is 0 Å². The van der Waals surface area contributed by atoms with Crippen molar-refractivity contribution in [2.24, 2.45) is 0 Å². The van der Waals surface area contributed by atoms with Gasteiger partial charge in [-0.15, -0.1) is 0 Å². The van der Waals surface area contributed by atoms with Crippen LogP contribution in [0.15, 0.2) is 51.9 Å². The fourth-order valence-corrected chi connectivity index (χ4v) is 1.65. The molecule has 0 aliphatic carbocycles. The van der Waals surface area contributed by atoms with Crippen molar-refractivity contribution in [1.29, 1.82) is 0 Å². The summed E-state index contributed by atoms with van der Waals surface area (Å²) in [6.45, 7) is 0.726. The van der Waals surface area contributed by atoms with Crippen molar-refractivity contribution in [1.82, 2.24) is 5.32 Å². The van der Waals surface area contributed by atoms with Gasteiger partial charge in [0.25, 0.3) is 5.91 Å². The van der Waals surface area contributed by atoms with Crippen LogP contribution in [0.25, 0.3) is 0 Å². The SMILES string of the molecule is CNCc1cccc(NC(=O)c2ccc(=O)oc2)c1. The standard InChI is InChI=1S/C14H14N2O3/c1-15-8-10-3-2-4-12(7-10)16-14(18)11-5-6-13(17)19-9-11/h2-7,9,15H,8H2,1H3,(H,16,18). The minimum atomic E-state index is -0.479. The van der Waals surface area contributed by atoms with Gasteiger partial charge in [-0.3, -0.25) is 4.79 Å². The zero-order valence-electron chi connectivity index (χ0n) is 10.5. The first-order valence-corrected chi connectivity index (χ1v) is 5.83. The van der Waals surface area contributed by atoms with E-state index in [0.717, 1.165) is 18.4 Å². The molecule has 0 aliphatic heterocycles. The first-order chi connectivity index (χ1) is 9.19. The van der Waals surface area contributed by atoms with Gasteiger partial charge in [0.15, 0.2) is 0 Å². The van der Waals surface area contributed by atoms with Crippen LogP contribution in [-0.2, 0) is 6.54 Å². The zero-order valence-corrected chi connectivity index (χ0v) is 10.5. The van der Waals surface area contributed by atoms with Crippen LogP contribution in [0, 0.1) is 0 Å². The molecule has 5 nitrogen and oxygen atoms in total. The first kappa shape index (κ1) is 13.0. The largest absolute Gasteiger partial charge is 0.430 e. The molecule has 0 unspecified atom stereocenters. The number of hydrogen-bond acceptors (Lipinski definition) is 4. The summed E-state index contributed by atoms with van der Waals surface area (Å²) < 4.78 is 4.65. The lowest BCUT2D eigenvalue weighted by Gasteiger charge is -2.06. The molecule has 98 valence electrons. The summed E-state index contributed by atoms with van der Waals surface area (Å²) >= 11 is 0. The van der Waals surface area contributed by atoms with Crippen molar-refractivity contribution < 1.29 is 9.21 Å². The van der Waals surface area contributed by atoms with Crippen molar-refractivity contribution in [2.75, 3.05) is 12.4 Å². The van der Waals surface area contributed by atoms with Gasteiger partial charge in [0.05, 0.1) is 5.56 Å². The van der Waals surface area contributed by atoms with Gasteiger partial charge < -0.3 is 15.1 Å². The number of amides is 1. The average molecular weight is 258 g/mol. The second kappa shape index (κ2) is 5.97. The molecule has 0 saturated carbocycles. The highest BCUT2D eigenvalue weighted by atomic mass is 16.4. The van der Waals surface area contributed by atoms with Gasteiger partial charge in [-0.2, -0.15) is 0 Å². The van der Waals surface area contributed by atoms with E-state index in [1.54, 1.807) is 6.07 Å². The maximum absolute atomic E-state index is 11.9. The van der Waals surface area contributed by atoms with Gasteiger partial charge in [0, 0.05) is 18.3 Å². The van der Waals surface area contributed by atoms with Crippen LogP contribution in [0.3, 0.4) is 0 Å².